The third kappa shape index (κ3) is 5.27. The minimum Gasteiger partial charge on any atom is -0.455 e. The number of carbonyl (C=O) groups is 1. The molecular formula is C14H21NO3. The van der Waals surface area contributed by atoms with Crippen molar-refractivity contribution in [1.82, 2.24) is 4.98 Å². The maximum absolute atomic E-state index is 11.7. The third-order valence-corrected chi connectivity index (χ3v) is 2.31. The van der Waals surface area contributed by atoms with Crippen molar-refractivity contribution in [2.75, 3.05) is 6.61 Å². The van der Waals surface area contributed by atoms with Crippen molar-refractivity contribution in [3.8, 4) is 0 Å². The maximum Gasteiger partial charge on any atom is 0.357 e. The van der Waals surface area contributed by atoms with E-state index in [1.165, 1.54) is 0 Å². The van der Waals surface area contributed by atoms with Gasteiger partial charge in [0.05, 0.1) is 0 Å². The van der Waals surface area contributed by atoms with E-state index in [4.69, 9.17) is 9.84 Å². The summed E-state index contributed by atoms with van der Waals surface area (Å²) in [7, 11) is 0. The zero-order valence-electron chi connectivity index (χ0n) is 11.3. The van der Waals surface area contributed by atoms with E-state index in [0.717, 1.165) is 24.8 Å². The lowest BCUT2D eigenvalue weighted by Gasteiger charge is -2.19. The van der Waals surface area contributed by atoms with Gasteiger partial charge >= 0.3 is 5.97 Å². The Hall–Kier alpha value is -1.42. The standard InChI is InChI=1S/C14H21NO3/c1-14(2,3)18-13(17)12-8-7-11(10-15-12)6-4-5-9-16/h7-8,10,16H,4-6,9H2,1-3H3. The first-order valence-electron chi connectivity index (χ1n) is 6.21. The average Bonchev–Trinajstić information content (AvgIpc) is 2.28. The highest BCUT2D eigenvalue weighted by Gasteiger charge is 2.18. The number of nitrogens with zero attached hydrogens (tertiary/aromatic N) is 1. The number of pyridine rings is 1. The van der Waals surface area contributed by atoms with Gasteiger partial charge in [0.15, 0.2) is 0 Å². The molecule has 1 rings (SSSR count). The smallest absolute Gasteiger partial charge is 0.357 e. The fraction of sp³-hybridized carbons (Fsp3) is 0.571. The van der Waals surface area contributed by atoms with Crippen LogP contribution in [0.25, 0.3) is 0 Å². The van der Waals surface area contributed by atoms with Crippen molar-refractivity contribution in [2.45, 2.75) is 45.6 Å². The average molecular weight is 251 g/mol. The molecule has 1 N–H and O–H groups in total. The van der Waals surface area contributed by atoms with Crippen molar-refractivity contribution < 1.29 is 14.6 Å². The van der Waals surface area contributed by atoms with Gasteiger partial charge in [0.1, 0.15) is 11.3 Å². The monoisotopic (exact) mass is 251 g/mol. The molecule has 0 radical (unpaired) electrons. The van der Waals surface area contributed by atoms with Crippen LogP contribution in [0.15, 0.2) is 18.3 Å². The van der Waals surface area contributed by atoms with Gasteiger partial charge in [-0.3, -0.25) is 0 Å². The number of hydrogen-bond donors (Lipinski definition) is 1. The molecule has 0 fully saturated rings. The number of aryl methyl sites for hydroxylation is 1. The van der Waals surface area contributed by atoms with Crippen LogP contribution >= 0.6 is 0 Å². The summed E-state index contributed by atoms with van der Waals surface area (Å²) >= 11 is 0. The molecule has 0 saturated heterocycles. The van der Waals surface area contributed by atoms with E-state index in [-0.39, 0.29) is 6.61 Å². The Morgan fingerprint density at radius 1 is 1.33 bits per heavy atom. The first kappa shape index (κ1) is 14.6. The number of aliphatic hydroxyl groups is 1. The largest absolute Gasteiger partial charge is 0.455 e. The van der Waals surface area contributed by atoms with E-state index in [1.54, 1.807) is 12.3 Å². The molecule has 0 amide bonds. The minimum atomic E-state index is -0.501. The number of esters is 1. The Kier molecular flexibility index (Phi) is 5.28. The van der Waals surface area contributed by atoms with E-state index in [1.807, 2.05) is 26.8 Å². The van der Waals surface area contributed by atoms with Gasteiger partial charge < -0.3 is 9.84 Å². The molecule has 4 nitrogen and oxygen atoms in total. The molecule has 100 valence electrons. The van der Waals surface area contributed by atoms with E-state index in [0.29, 0.717) is 5.69 Å². The molecule has 0 spiro atoms. The van der Waals surface area contributed by atoms with Gasteiger partial charge in [0, 0.05) is 12.8 Å². The first-order valence-corrected chi connectivity index (χ1v) is 6.21. The number of carbonyl (C=O) groups excluding carboxylic acids is 1. The summed E-state index contributed by atoms with van der Waals surface area (Å²) in [5, 5.41) is 8.69. The summed E-state index contributed by atoms with van der Waals surface area (Å²) in [5.41, 5.74) is 0.894. The van der Waals surface area contributed by atoms with Crippen LogP contribution < -0.4 is 0 Å². The normalized spacial score (nSPS) is 11.3. The zero-order valence-corrected chi connectivity index (χ0v) is 11.3. The van der Waals surface area contributed by atoms with Crippen LogP contribution in [0.5, 0.6) is 0 Å². The van der Waals surface area contributed by atoms with E-state index in [9.17, 15) is 4.79 Å². The van der Waals surface area contributed by atoms with Crippen LogP contribution in [0.4, 0.5) is 0 Å². The van der Waals surface area contributed by atoms with Crippen LogP contribution in [0.2, 0.25) is 0 Å². The summed E-state index contributed by atoms with van der Waals surface area (Å²) in [6.45, 7) is 5.69. The molecule has 1 heterocycles. The van der Waals surface area contributed by atoms with Crippen LogP contribution in [0.1, 0.15) is 49.7 Å². The number of aromatic nitrogens is 1. The lowest BCUT2D eigenvalue weighted by atomic mass is 10.1. The molecule has 0 saturated carbocycles. The van der Waals surface area contributed by atoms with Gasteiger partial charge in [-0.15, -0.1) is 0 Å². The van der Waals surface area contributed by atoms with Crippen molar-refractivity contribution in [1.29, 1.82) is 0 Å². The highest BCUT2D eigenvalue weighted by Crippen LogP contribution is 2.11. The van der Waals surface area contributed by atoms with Gasteiger partial charge in [0.25, 0.3) is 0 Å². The lowest BCUT2D eigenvalue weighted by Crippen LogP contribution is -2.24. The lowest BCUT2D eigenvalue weighted by molar-refractivity contribution is 0.00628. The topological polar surface area (TPSA) is 59.4 Å². The van der Waals surface area contributed by atoms with Gasteiger partial charge in [-0.25, -0.2) is 9.78 Å². The summed E-state index contributed by atoms with van der Waals surface area (Å²) < 4.78 is 5.23. The predicted octanol–water partition coefficient (Wildman–Crippen LogP) is 2.35. The molecular weight excluding hydrogens is 230 g/mol. The Labute approximate surface area is 108 Å². The third-order valence-electron chi connectivity index (χ3n) is 2.31. The van der Waals surface area contributed by atoms with Crippen LogP contribution in [-0.2, 0) is 11.2 Å². The van der Waals surface area contributed by atoms with E-state index in [2.05, 4.69) is 4.98 Å². The van der Waals surface area contributed by atoms with Gasteiger partial charge in [-0.2, -0.15) is 0 Å². The van der Waals surface area contributed by atoms with Crippen LogP contribution in [0, 0.1) is 0 Å². The maximum atomic E-state index is 11.7. The van der Waals surface area contributed by atoms with Gasteiger partial charge in [-0.05, 0) is 51.7 Å². The van der Waals surface area contributed by atoms with Crippen molar-refractivity contribution in [3.05, 3.63) is 29.6 Å². The van der Waals surface area contributed by atoms with Crippen LogP contribution in [-0.4, -0.2) is 28.3 Å². The Bertz CT molecular complexity index is 379. The van der Waals surface area contributed by atoms with Gasteiger partial charge in [-0.1, -0.05) is 6.07 Å². The second-order valence-corrected chi connectivity index (χ2v) is 5.23. The summed E-state index contributed by atoms with van der Waals surface area (Å²) in [4.78, 5) is 15.8. The second kappa shape index (κ2) is 6.50. The molecule has 0 unspecified atom stereocenters. The number of aliphatic hydroxyl groups excluding tert-OH is 1. The van der Waals surface area contributed by atoms with Crippen molar-refractivity contribution in [3.63, 3.8) is 0 Å². The Morgan fingerprint density at radius 3 is 2.56 bits per heavy atom. The first-order chi connectivity index (χ1) is 8.42. The Morgan fingerprint density at radius 2 is 2.06 bits per heavy atom. The number of ether oxygens (including phenoxy) is 1. The predicted molar refractivity (Wildman–Crippen MR) is 69.4 cm³/mol. The highest BCUT2D eigenvalue weighted by molar-refractivity contribution is 5.87. The fourth-order valence-electron chi connectivity index (χ4n) is 1.46. The molecule has 0 aromatic carbocycles. The second-order valence-electron chi connectivity index (χ2n) is 5.23. The van der Waals surface area contributed by atoms with Gasteiger partial charge in [0.2, 0.25) is 0 Å². The van der Waals surface area contributed by atoms with E-state index < -0.39 is 11.6 Å². The quantitative estimate of drug-likeness (QED) is 0.644. The zero-order chi connectivity index (χ0) is 13.6. The van der Waals surface area contributed by atoms with Crippen molar-refractivity contribution in [2.24, 2.45) is 0 Å². The number of unbranched alkanes of at least 4 members (excludes halogenated alkanes) is 1. The SMILES string of the molecule is CC(C)(C)OC(=O)c1ccc(CCCCO)cn1. The highest BCUT2D eigenvalue weighted by atomic mass is 16.6. The molecule has 4 heteroatoms. The molecule has 0 aliphatic heterocycles. The number of rotatable bonds is 5. The Balaban J connectivity index is 2.57. The molecule has 1 aromatic rings. The molecule has 0 atom stereocenters. The summed E-state index contributed by atoms with van der Waals surface area (Å²) in [6.07, 6.45) is 4.26. The fourth-order valence-corrected chi connectivity index (χ4v) is 1.46. The summed E-state index contributed by atoms with van der Waals surface area (Å²) in [5.74, 6) is -0.399. The number of hydrogen-bond acceptors (Lipinski definition) is 4. The molecule has 0 bridgehead atoms. The van der Waals surface area contributed by atoms with Crippen LogP contribution in [0.3, 0.4) is 0 Å². The molecule has 0 aliphatic rings. The minimum absolute atomic E-state index is 0.212. The molecule has 1 aromatic heterocycles. The van der Waals surface area contributed by atoms with Crippen molar-refractivity contribution >= 4 is 5.97 Å². The molecule has 0 aliphatic carbocycles. The molecule has 18 heavy (non-hydrogen) atoms. The van der Waals surface area contributed by atoms with E-state index >= 15 is 0 Å². The summed E-state index contributed by atoms with van der Waals surface area (Å²) in [6, 6.07) is 3.56.